The molecule has 2 nitrogen and oxygen atoms in total. The predicted octanol–water partition coefficient (Wildman–Crippen LogP) is 13.1. The molecule has 0 radical (unpaired) electrons. The molecule has 9 aromatic rings. The average Bonchev–Trinajstić information content (AvgIpc) is 3.65. The van der Waals surface area contributed by atoms with Crippen molar-refractivity contribution >= 4 is 86.3 Å². The average molecular weight is 672 g/mol. The van der Waals surface area contributed by atoms with Crippen molar-refractivity contribution in [2.45, 2.75) is 0 Å². The van der Waals surface area contributed by atoms with Gasteiger partial charge in [0.05, 0.1) is 11.0 Å². The molecule has 0 spiro atoms. The van der Waals surface area contributed by atoms with Crippen molar-refractivity contribution in [3.05, 3.63) is 168 Å². The fraction of sp³-hybridized carbons (Fsp3) is 0. The zero-order valence-electron chi connectivity index (χ0n) is 24.8. The fourth-order valence-corrected chi connectivity index (χ4v) is 8.55. The molecule has 2 aromatic heterocycles. The summed E-state index contributed by atoms with van der Waals surface area (Å²) >= 11 is 5.62. The Kier molecular flexibility index (Phi) is 6.51. The van der Waals surface area contributed by atoms with Crippen LogP contribution < -0.4 is 4.90 Å². The van der Waals surface area contributed by atoms with Gasteiger partial charge in [-0.3, -0.25) is 0 Å². The van der Waals surface area contributed by atoms with Crippen molar-refractivity contribution in [1.82, 2.24) is 4.57 Å². The van der Waals surface area contributed by atoms with Gasteiger partial charge in [0.15, 0.2) is 0 Å². The van der Waals surface area contributed by atoms with Gasteiger partial charge in [-0.1, -0.05) is 113 Å². The monoisotopic (exact) mass is 670 g/mol. The summed E-state index contributed by atoms with van der Waals surface area (Å²) in [6.45, 7) is 0. The topological polar surface area (TPSA) is 8.17 Å². The van der Waals surface area contributed by atoms with Gasteiger partial charge in [0, 0.05) is 58.2 Å². The molecule has 7 aromatic carbocycles. The van der Waals surface area contributed by atoms with Gasteiger partial charge in [0.2, 0.25) is 0 Å². The zero-order valence-corrected chi connectivity index (χ0v) is 27.2. The summed E-state index contributed by atoms with van der Waals surface area (Å²) in [5.74, 6) is 0. The minimum absolute atomic E-state index is 1.09. The van der Waals surface area contributed by atoms with E-state index >= 15 is 0 Å². The summed E-state index contributed by atoms with van der Waals surface area (Å²) < 4.78 is 6.18. The van der Waals surface area contributed by atoms with Crippen LogP contribution in [0.1, 0.15) is 0 Å². The largest absolute Gasteiger partial charge is 0.310 e. The quantitative estimate of drug-likeness (QED) is 0.177. The molecule has 46 heavy (non-hydrogen) atoms. The van der Waals surface area contributed by atoms with Gasteiger partial charge in [0.25, 0.3) is 0 Å². The number of nitrogens with zero attached hydrogens (tertiary/aromatic N) is 2. The molecule has 9 rings (SSSR count). The van der Waals surface area contributed by atoms with Crippen LogP contribution in [0.4, 0.5) is 17.1 Å². The number of aromatic nitrogens is 1. The standard InChI is InChI=1S/C42H27BrN2S/c43-37-17-9-7-15-33(37)28-19-21-31(22-20-28)44(29-11-3-1-4-12-29)32-23-24-36-39(27-32)45(30-13-5-2-6-14-30)38-26-25-35-34-16-8-10-18-40(34)46-42(35)41(36)38/h1-27H. The van der Waals surface area contributed by atoms with Crippen molar-refractivity contribution in [3.63, 3.8) is 0 Å². The van der Waals surface area contributed by atoms with E-state index in [9.17, 15) is 0 Å². The maximum absolute atomic E-state index is 3.73. The van der Waals surface area contributed by atoms with Crippen LogP contribution in [-0.4, -0.2) is 4.57 Å². The molecule has 4 heteroatoms. The lowest BCUT2D eigenvalue weighted by molar-refractivity contribution is 1.18. The van der Waals surface area contributed by atoms with Crippen molar-refractivity contribution in [3.8, 4) is 16.8 Å². The highest BCUT2D eigenvalue weighted by Gasteiger charge is 2.20. The van der Waals surface area contributed by atoms with Crippen LogP contribution in [0, 0.1) is 0 Å². The van der Waals surface area contributed by atoms with Gasteiger partial charge in [0.1, 0.15) is 0 Å². The minimum atomic E-state index is 1.09. The van der Waals surface area contributed by atoms with Crippen molar-refractivity contribution in [1.29, 1.82) is 0 Å². The second-order valence-electron chi connectivity index (χ2n) is 11.5. The summed E-state index contributed by atoms with van der Waals surface area (Å²) in [6.07, 6.45) is 0. The van der Waals surface area contributed by atoms with E-state index < -0.39 is 0 Å². The molecule has 0 N–H and O–H groups in total. The van der Waals surface area contributed by atoms with Crippen LogP contribution in [0.25, 0.3) is 58.8 Å². The Labute approximate surface area is 279 Å². The summed E-state index contributed by atoms with van der Waals surface area (Å²) in [5, 5.41) is 5.22. The second kappa shape index (κ2) is 11.0. The number of thiophene rings is 1. The molecule has 218 valence electrons. The molecule has 0 bridgehead atoms. The molecule has 0 atom stereocenters. The molecular formula is C42H27BrN2S. The maximum Gasteiger partial charge on any atom is 0.0562 e. The SMILES string of the molecule is Brc1ccccc1-c1ccc(N(c2ccccc2)c2ccc3c4c5sc6ccccc6c5ccc4n(-c4ccccc4)c3c2)cc1. The lowest BCUT2D eigenvalue weighted by Gasteiger charge is -2.26. The van der Waals surface area contributed by atoms with Gasteiger partial charge < -0.3 is 9.47 Å². The number of fused-ring (bicyclic) bond motifs is 7. The number of halogens is 1. The molecule has 2 heterocycles. The van der Waals surface area contributed by atoms with Crippen LogP contribution in [0.3, 0.4) is 0 Å². The first-order valence-corrected chi connectivity index (χ1v) is 17.0. The van der Waals surface area contributed by atoms with Gasteiger partial charge in [-0.2, -0.15) is 0 Å². The van der Waals surface area contributed by atoms with Crippen LogP contribution in [0.2, 0.25) is 0 Å². The Morgan fingerprint density at radius 3 is 1.96 bits per heavy atom. The third-order valence-corrected chi connectivity index (χ3v) is 10.8. The highest BCUT2D eigenvalue weighted by molar-refractivity contribution is 9.10. The summed E-state index contributed by atoms with van der Waals surface area (Å²) in [7, 11) is 0. The third-order valence-electron chi connectivity index (χ3n) is 8.85. The molecule has 0 unspecified atom stereocenters. The Morgan fingerprint density at radius 2 is 1.15 bits per heavy atom. The molecule has 0 fully saturated rings. The molecule has 0 saturated heterocycles. The minimum Gasteiger partial charge on any atom is -0.310 e. The van der Waals surface area contributed by atoms with Crippen molar-refractivity contribution in [2.24, 2.45) is 0 Å². The lowest BCUT2D eigenvalue weighted by atomic mass is 10.0. The predicted molar refractivity (Wildman–Crippen MR) is 201 cm³/mol. The molecule has 0 aliphatic rings. The molecular weight excluding hydrogens is 644 g/mol. The van der Waals surface area contributed by atoms with E-state index in [0.717, 1.165) is 27.2 Å². The Morgan fingerprint density at radius 1 is 0.500 bits per heavy atom. The van der Waals surface area contributed by atoms with Crippen molar-refractivity contribution in [2.75, 3.05) is 4.90 Å². The number of para-hydroxylation sites is 2. The summed E-state index contributed by atoms with van der Waals surface area (Å²) in [4.78, 5) is 2.35. The Bertz CT molecular complexity index is 2530. The van der Waals surface area contributed by atoms with Crippen LogP contribution >= 0.6 is 27.3 Å². The van der Waals surface area contributed by atoms with Gasteiger partial charge in [-0.05, 0) is 77.9 Å². The Hall–Kier alpha value is -5.16. The summed E-state index contributed by atoms with van der Waals surface area (Å²) in [5.41, 5.74) is 9.26. The Balaban J connectivity index is 1.29. The molecule has 0 saturated carbocycles. The van der Waals surface area contributed by atoms with E-state index in [2.05, 4.69) is 189 Å². The van der Waals surface area contributed by atoms with Crippen LogP contribution in [-0.2, 0) is 0 Å². The number of hydrogen-bond acceptors (Lipinski definition) is 2. The van der Waals surface area contributed by atoms with E-state index in [-0.39, 0.29) is 0 Å². The van der Waals surface area contributed by atoms with E-state index in [0.29, 0.717) is 0 Å². The van der Waals surface area contributed by atoms with E-state index in [4.69, 9.17) is 0 Å². The first kappa shape index (κ1) is 27.2. The fourth-order valence-electron chi connectivity index (χ4n) is 6.78. The zero-order chi connectivity index (χ0) is 30.6. The van der Waals surface area contributed by atoms with Crippen LogP contribution in [0.5, 0.6) is 0 Å². The highest BCUT2D eigenvalue weighted by atomic mass is 79.9. The van der Waals surface area contributed by atoms with Crippen molar-refractivity contribution < 1.29 is 0 Å². The number of hydrogen-bond donors (Lipinski definition) is 0. The van der Waals surface area contributed by atoms with Crippen LogP contribution in [0.15, 0.2) is 168 Å². The molecule has 0 aliphatic carbocycles. The number of anilines is 3. The normalized spacial score (nSPS) is 11.6. The first-order chi connectivity index (χ1) is 22.7. The highest BCUT2D eigenvalue weighted by Crippen LogP contribution is 2.45. The van der Waals surface area contributed by atoms with E-state index in [1.54, 1.807) is 0 Å². The van der Waals surface area contributed by atoms with E-state index in [1.165, 1.54) is 53.1 Å². The number of rotatable bonds is 5. The van der Waals surface area contributed by atoms with Gasteiger partial charge >= 0.3 is 0 Å². The number of benzene rings is 7. The maximum atomic E-state index is 3.73. The summed E-state index contributed by atoms with van der Waals surface area (Å²) in [6, 6.07) is 58.9. The first-order valence-electron chi connectivity index (χ1n) is 15.4. The second-order valence-corrected chi connectivity index (χ2v) is 13.4. The van der Waals surface area contributed by atoms with E-state index in [1.807, 2.05) is 11.3 Å². The van der Waals surface area contributed by atoms with Gasteiger partial charge in [-0.15, -0.1) is 11.3 Å². The van der Waals surface area contributed by atoms with Gasteiger partial charge in [-0.25, -0.2) is 0 Å². The third kappa shape index (κ3) is 4.37. The lowest BCUT2D eigenvalue weighted by Crippen LogP contribution is -2.10. The molecule has 0 aliphatic heterocycles. The smallest absolute Gasteiger partial charge is 0.0562 e. The molecule has 0 amide bonds.